The summed E-state index contributed by atoms with van der Waals surface area (Å²) in [6.07, 6.45) is 0. The van der Waals surface area contributed by atoms with Crippen LogP contribution >= 0.6 is 11.9 Å². The van der Waals surface area contributed by atoms with Gasteiger partial charge in [-0.2, -0.15) is 0 Å². The minimum atomic E-state index is 0.163. The molecule has 0 aliphatic heterocycles. The van der Waals surface area contributed by atoms with E-state index >= 15 is 0 Å². The average molecular weight is 200 g/mol. The molecular weight excluding hydrogens is 182 g/mol. The fourth-order valence-electron chi connectivity index (χ4n) is 0.453. The van der Waals surface area contributed by atoms with Crippen molar-refractivity contribution in [3.05, 3.63) is 0 Å². The first kappa shape index (κ1) is 14.6. The molecule has 0 amide bonds. The number of aliphatic hydroxyl groups excluding tert-OH is 2. The van der Waals surface area contributed by atoms with Gasteiger partial charge in [-0.1, -0.05) is 0 Å². The maximum atomic E-state index is 8.34. The quantitative estimate of drug-likeness (QED) is 0.659. The molecule has 0 unspecified atom stereocenters. The van der Waals surface area contributed by atoms with Crippen LogP contribution in [0.5, 0.6) is 0 Å². The van der Waals surface area contributed by atoms with Crippen molar-refractivity contribution in [3.63, 3.8) is 0 Å². The molecule has 0 aromatic carbocycles. The van der Waals surface area contributed by atoms with Crippen LogP contribution in [0.15, 0.2) is 0 Å². The van der Waals surface area contributed by atoms with E-state index in [0.29, 0.717) is 19.7 Å². The van der Waals surface area contributed by atoms with Crippen molar-refractivity contribution < 1.29 is 14.5 Å². The topological polar surface area (TPSA) is 52.9 Å². The Bertz CT molecular complexity index is 67.7. The van der Waals surface area contributed by atoms with Crippen molar-refractivity contribution in [2.24, 2.45) is 0 Å². The number of aliphatic hydroxyl groups is 2. The molecular formula is C7H18ClNO3. The summed E-state index contributed by atoms with van der Waals surface area (Å²) in [7, 11) is 1.85. The van der Waals surface area contributed by atoms with Gasteiger partial charge >= 0.3 is 0 Å². The number of hydrogen-bond acceptors (Lipinski definition) is 4. The molecule has 4 nitrogen and oxygen atoms in total. The zero-order valence-corrected chi connectivity index (χ0v) is 8.42. The Morgan fingerprint density at radius 1 is 1.25 bits per heavy atom. The Labute approximate surface area is 78.9 Å². The van der Waals surface area contributed by atoms with Gasteiger partial charge in [0.2, 0.25) is 0 Å². The molecule has 0 fully saturated rings. The van der Waals surface area contributed by atoms with Gasteiger partial charge in [0.1, 0.15) is 0 Å². The Hall–Kier alpha value is 0.130. The molecule has 0 atom stereocenters. The van der Waals surface area contributed by atoms with Crippen LogP contribution in [0.2, 0.25) is 0 Å². The Morgan fingerprint density at radius 3 is 1.75 bits per heavy atom. The lowest BCUT2D eigenvalue weighted by Crippen LogP contribution is -2.25. The number of rotatable bonds is 5. The van der Waals surface area contributed by atoms with Crippen molar-refractivity contribution >= 4 is 11.9 Å². The normalized spacial score (nSPS) is 9.50. The third kappa shape index (κ3) is 16.6. The van der Waals surface area contributed by atoms with Gasteiger partial charge in [-0.15, -0.1) is 0 Å². The Morgan fingerprint density at radius 2 is 1.58 bits per heavy atom. The second kappa shape index (κ2) is 13.7. The van der Waals surface area contributed by atoms with Crippen LogP contribution in [0.3, 0.4) is 0 Å². The highest BCUT2D eigenvalue weighted by Crippen LogP contribution is 1.76. The standard InChI is InChI=1S/C5H13NO2.C2H5ClO/c1-6(2-4-7)3-5-8;1-2-4-3/h7-8H,2-5H2,1H3;2H2,1H3. The first-order chi connectivity index (χ1) is 5.72. The molecule has 0 heterocycles. The van der Waals surface area contributed by atoms with Crippen molar-refractivity contribution in [1.82, 2.24) is 4.90 Å². The first-order valence-corrected chi connectivity index (χ1v) is 4.17. The highest BCUT2D eigenvalue weighted by molar-refractivity contribution is 6.07. The lowest BCUT2D eigenvalue weighted by Gasteiger charge is -2.11. The maximum Gasteiger partial charge on any atom is 0.0654 e. The van der Waals surface area contributed by atoms with Gasteiger partial charge in [0.15, 0.2) is 0 Å². The van der Waals surface area contributed by atoms with Gasteiger partial charge < -0.3 is 15.1 Å². The second-order valence-electron chi connectivity index (χ2n) is 2.15. The van der Waals surface area contributed by atoms with Crippen LogP contribution in [0.4, 0.5) is 0 Å². The summed E-state index contributed by atoms with van der Waals surface area (Å²) in [6, 6.07) is 0. The third-order valence-electron chi connectivity index (χ3n) is 1.07. The lowest BCUT2D eigenvalue weighted by molar-refractivity contribution is 0.184. The van der Waals surface area contributed by atoms with Gasteiger partial charge in [0.05, 0.1) is 31.7 Å². The van der Waals surface area contributed by atoms with Crippen LogP contribution in [-0.2, 0) is 4.29 Å². The molecule has 0 aliphatic rings. The van der Waals surface area contributed by atoms with Gasteiger partial charge in [0, 0.05) is 13.1 Å². The van der Waals surface area contributed by atoms with Gasteiger partial charge in [-0.25, -0.2) is 0 Å². The summed E-state index contributed by atoms with van der Waals surface area (Å²) in [4.78, 5) is 1.86. The van der Waals surface area contributed by atoms with Crippen molar-refractivity contribution in [1.29, 1.82) is 0 Å². The highest BCUT2D eigenvalue weighted by atomic mass is 35.5. The van der Waals surface area contributed by atoms with Crippen molar-refractivity contribution in [2.45, 2.75) is 6.92 Å². The number of hydrogen-bond donors (Lipinski definition) is 2. The smallest absolute Gasteiger partial charge is 0.0654 e. The molecule has 0 spiro atoms. The van der Waals surface area contributed by atoms with Crippen LogP contribution in [-0.4, -0.2) is 55.1 Å². The minimum absolute atomic E-state index is 0.163. The molecule has 0 saturated heterocycles. The maximum absolute atomic E-state index is 8.34. The molecule has 0 saturated carbocycles. The van der Waals surface area contributed by atoms with E-state index in [9.17, 15) is 0 Å². The summed E-state index contributed by atoms with van der Waals surface area (Å²) >= 11 is 4.69. The highest BCUT2D eigenvalue weighted by Gasteiger charge is 1.91. The largest absolute Gasteiger partial charge is 0.395 e. The summed E-state index contributed by atoms with van der Waals surface area (Å²) in [6.45, 7) is 4.02. The molecule has 0 radical (unpaired) electrons. The second-order valence-corrected chi connectivity index (χ2v) is 2.37. The molecule has 0 aliphatic carbocycles. The van der Waals surface area contributed by atoms with E-state index < -0.39 is 0 Å². The molecule has 76 valence electrons. The number of halogens is 1. The molecule has 0 aromatic rings. The van der Waals surface area contributed by atoms with Crippen LogP contribution < -0.4 is 0 Å². The van der Waals surface area contributed by atoms with Crippen LogP contribution in [0.25, 0.3) is 0 Å². The minimum Gasteiger partial charge on any atom is -0.395 e. The third-order valence-corrected chi connectivity index (χ3v) is 1.29. The van der Waals surface area contributed by atoms with E-state index in [1.807, 2.05) is 18.9 Å². The van der Waals surface area contributed by atoms with Gasteiger partial charge in [0.25, 0.3) is 0 Å². The number of nitrogens with zero attached hydrogens (tertiary/aromatic N) is 1. The van der Waals surface area contributed by atoms with Crippen molar-refractivity contribution in [3.8, 4) is 0 Å². The fourth-order valence-corrected chi connectivity index (χ4v) is 0.453. The van der Waals surface area contributed by atoms with Crippen LogP contribution in [0.1, 0.15) is 6.92 Å². The summed E-state index contributed by atoms with van der Waals surface area (Å²) in [5.41, 5.74) is 0. The lowest BCUT2D eigenvalue weighted by atomic mass is 10.5. The van der Waals surface area contributed by atoms with E-state index in [4.69, 9.17) is 10.2 Å². The van der Waals surface area contributed by atoms with E-state index in [0.717, 1.165) is 0 Å². The fraction of sp³-hybridized carbons (Fsp3) is 1.00. The summed E-state index contributed by atoms with van der Waals surface area (Å²) in [5, 5.41) is 16.7. The predicted molar refractivity (Wildman–Crippen MR) is 49.1 cm³/mol. The molecule has 0 aromatic heterocycles. The van der Waals surface area contributed by atoms with Crippen LogP contribution in [0, 0.1) is 0 Å². The van der Waals surface area contributed by atoms with E-state index in [-0.39, 0.29) is 13.2 Å². The van der Waals surface area contributed by atoms with Gasteiger partial charge in [-0.05, 0) is 14.0 Å². The van der Waals surface area contributed by atoms with E-state index in [1.165, 1.54) is 0 Å². The van der Waals surface area contributed by atoms with Crippen molar-refractivity contribution in [2.75, 3.05) is 40.0 Å². The SMILES string of the molecule is CCOCl.CN(CCO)CCO. The Kier molecular flexibility index (Phi) is 16.7. The molecule has 0 rings (SSSR count). The summed E-state index contributed by atoms with van der Waals surface area (Å²) in [5.74, 6) is 0. The van der Waals surface area contributed by atoms with E-state index in [1.54, 1.807) is 0 Å². The molecule has 12 heavy (non-hydrogen) atoms. The zero-order valence-electron chi connectivity index (χ0n) is 7.66. The van der Waals surface area contributed by atoms with Gasteiger partial charge in [-0.3, -0.25) is 4.29 Å². The predicted octanol–water partition coefficient (Wildman–Crippen LogP) is 0.0795. The average Bonchev–Trinajstić information content (AvgIpc) is 2.06. The monoisotopic (exact) mass is 199 g/mol. The Balaban J connectivity index is 0. The van der Waals surface area contributed by atoms with E-state index in [2.05, 4.69) is 16.2 Å². The first-order valence-electron chi connectivity index (χ1n) is 3.86. The summed E-state index contributed by atoms with van der Waals surface area (Å²) < 4.78 is 4.01. The zero-order chi connectivity index (χ0) is 9.82. The molecule has 0 bridgehead atoms. The molecule has 5 heteroatoms. The molecule has 2 N–H and O–H groups in total. The number of likely N-dealkylation sites (N-methyl/N-ethyl adjacent to an activating group) is 1.